The van der Waals surface area contributed by atoms with E-state index < -0.39 is 0 Å². The fourth-order valence-corrected chi connectivity index (χ4v) is 3.47. The van der Waals surface area contributed by atoms with Crippen molar-refractivity contribution in [1.29, 1.82) is 0 Å². The molecule has 0 spiro atoms. The Morgan fingerprint density at radius 2 is 2.00 bits per heavy atom. The van der Waals surface area contributed by atoms with Gasteiger partial charge in [0, 0.05) is 20.0 Å². The van der Waals surface area contributed by atoms with Crippen molar-refractivity contribution in [3.05, 3.63) is 10.6 Å². The lowest BCUT2D eigenvalue weighted by Gasteiger charge is -2.29. The zero-order valence-electron chi connectivity index (χ0n) is 11.7. The number of carbonyl (C=O) groups excluding carboxylic acids is 1. The van der Waals surface area contributed by atoms with Gasteiger partial charge in [0.1, 0.15) is 0 Å². The third kappa shape index (κ3) is 2.74. The molecule has 4 heteroatoms. The molecule has 0 bridgehead atoms. The van der Waals surface area contributed by atoms with Gasteiger partial charge in [-0.05, 0) is 24.7 Å². The van der Waals surface area contributed by atoms with Gasteiger partial charge in [0.15, 0.2) is 10.9 Å². The van der Waals surface area contributed by atoms with E-state index in [0.717, 1.165) is 34.7 Å². The molecule has 1 aromatic rings. The van der Waals surface area contributed by atoms with Gasteiger partial charge in [0.05, 0.1) is 10.6 Å². The number of rotatable bonds is 3. The maximum atomic E-state index is 11.7. The van der Waals surface area contributed by atoms with Gasteiger partial charge < -0.3 is 4.90 Å². The average molecular weight is 266 g/mol. The minimum atomic E-state index is 0.146. The predicted octanol–water partition coefficient (Wildman–Crippen LogP) is 3.71. The second-order valence-electron chi connectivity index (χ2n) is 5.59. The van der Waals surface area contributed by atoms with E-state index in [4.69, 9.17) is 4.98 Å². The largest absolute Gasteiger partial charge is 0.348 e. The second kappa shape index (κ2) is 5.39. The summed E-state index contributed by atoms with van der Waals surface area (Å²) in [6.07, 6.45) is 2.46. The van der Waals surface area contributed by atoms with Crippen molar-refractivity contribution in [3.63, 3.8) is 0 Å². The molecule has 2 heterocycles. The summed E-state index contributed by atoms with van der Waals surface area (Å²) >= 11 is 1.57. The molecule has 2 rings (SSSR count). The fraction of sp³-hybridized carbons (Fsp3) is 0.714. The maximum Gasteiger partial charge on any atom is 0.186 e. The molecule has 0 aromatic carbocycles. The molecule has 0 aliphatic carbocycles. The van der Waals surface area contributed by atoms with Crippen LogP contribution in [0.25, 0.3) is 0 Å². The number of ketones is 1. The molecular weight excluding hydrogens is 244 g/mol. The number of aromatic nitrogens is 1. The molecule has 0 N–H and O–H groups in total. The highest BCUT2D eigenvalue weighted by Crippen LogP contribution is 2.33. The Bertz CT molecular complexity index is 431. The van der Waals surface area contributed by atoms with Crippen molar-refractivity contribution in [3.8, 4) is 0 Å². The zero-order valence-corrected chi connectivity index (χ0v) is 12.5. The van der Waals surface area contributed by atoms with Crippen LogP contribution in [0.4, 0.5) is 5.13 Å². The molecule has 18 heavy (non-hydrogen) atoms. The number of hydrogen-bond donors (Lipinski definition) is 0. The lowest BCUT2D eigenvalue weighted by atomic mass is 10.00. The smallest absolute Gasteiger partial charge is 0.186 e. The molecule has 0 radical (unpaired) electrons. The Hall–Kier alpha value is -0.900. The fourth-order valence-electron chi connectivity index (χ4n) is 2.30. The Kier molecular flexibility index (Phi) is 4.05. The van der Waals surface area contributed by atoms with Crippen LogP contribution in [0.3, 0.4) is 0 Å². The number of hydrogen-bond acceptors (Lipinski definition) is 4. The Morgan fingerprint density at radius 3 is 2.44 bits per heavy atom. The van der Waals surface area contributed by atoms with Gasteiger partial charge in [-0.3, -0.25) is 4.79 Å². The van der Waals surface area contributed by atoms with Crippen molar-refractivity contribution in [1.82, 2.24) is 4.98 Å². The summed E-state index contributed by atoms with van der Waals surface area (Å²) in [4.78, 5) is 19.6. The van der Waals surface area contributed by atoms with Crippen molar-refractivity contribution in [2.75, 3.05) is 18.0 Å². The first-order chi connectivity index (χ1) is 8.49. The Morgan fingerprint density at radius 1 is 1.39 bits per heavy atom. The first-order valence-electron chi connectivity index (χ1n) is 6.75. The quantitative estimate of drug-likeness (QED) is 0.782. The van der Waals surface area contributed by atoms with Crippen LogP contribution in [0.1, 0.15) is 61.8 Å². The molecule has 3 nitrogen and oxygen atoms in total. The van der Waals surface area contributed by atoms with Crippen LogP contribution in [0.2, 0.25) is 0 Å². The van der Waals surface area contributed by atoms with E-state index in [9.17, 15) is 4.79 Å². The number of Topliss-reactive ketones (excluding diaryl/α,β-unsaturated/α-hetero) is 1. The Labute approximate surface area is 113 Å². The average Bonchev–Trinajstić information content (AvgIpc) is 2.75. The highest BCUT2D eigenvalue weighted by atomic mass is 32.1. The van der Waals surface area contributed by atoms with E-state index in [1.165, 1.54) is 12.8 Å². The second-order valence-corrected chi connectivity index (χ2v) is 6.57. The first kappa shape index (κ1) is 13.5. The van der Waals surface area contributed by atoms with Crippen LogP contribution < -0.4 is 4.90 Å². The molecule has 1 fully saturated rings. The van der Waals surface area contributed by atoms with Gasteiger partial charge in [-0.2, -0.15) is 0 Å². The third-order valence-electron chi connectivity index (χ3n) is 3.56. The summed E-state index contributed by atoms with van der Waals surface area (Å²) in [5.74, 6) is 1.28. The molecule has 1 aliphatic heterocycles. The SMILES string of the molecule is CC(=O)c1sc(N2CCC(C)CC2)nc1C(C)C. The summed E-state index contributed by atoms with van der Waals surface area (Å²) < 4.78 is 0. The molecule has 0 atom stereocenters. The van der Waals surface area contributed by atoms with E-state index in [1.807, 2.05) is 0 Å². The topological polar surface area (TPSA) is 33.2 Å². The van der Waals surface area contributed by atoms with Gasteiger partial charge in [-0.1, -0.05) is 32.1 Å². The highest BCUT2D eigenvalue weighted by molar-refractivity contribution is 7.17. The van der Waals surface area contributed by atoms with Crippen LogP contribution in [0.15, 0.2) is 0 Å². The number of carbonyl (C=O) groups is 1. The zero-order chi connectivity index (χ0) is 13.3. The number of anilines is 1. The van der Waals surface area contributed by atoms with Gasteiger partial charge in [-0.15, -0.1) is 0 Å². The Balaban J connectivity index is 2.24. The van der Waals surface area contributed by atoms with E-state index in [2.05, 4.69) is 25.7 Å². The summed E-state index contributed by atoms with van der Waals surface area (Å²) in [7, 11) is 0. The standard InChI is InChI=1S/C14H22N2OS/c1-9(2)12-13(11(4)17)18-14(15-12)16-7-5-10(3)6-8-16/h9-10H,5-8H2,1-4H3. The molecule has 1 aliphatic rings. The van der Waals surface area contributed by atoms with Crippen LogP contribution in [-0.2, 0) is 0 Å². The number of piperidine rings is 1. The van der Waals surface area contributed by atoms with Crippen LogP contribution in [0.5, 0.6) is 0 Å². The summed E-state index contributed by atoms with van der Waals surface area (Å²) in [6, 6.07) is 0. The molecule has 1 saturated heterocycles. The predicted molar refractivity (Wildman–Crippen MR) is 76.8 cm³/mol. The molecular formula is C14H22N2OS. The monoisotopic (exact) mass is 266 g/mol. The van der Waals surface area contributed by atoms with Gasteiger partial charge in [-0.25, -0.2) is 4.98 Å². The summed E-state index contributed by atoms with van der Waals surface area (Å²) in [5, 5.41) is 1.04. The van der Waals surface area contributed by atoms with Crippen molar-refractivity contribution in [2.24, 2.45) is 5.92 Å². The van der Waals surface area contributed by atoms with E-state index in [-0.39, 0.29) is 5.78 Å². The van der Waals surface area contributed by atoms with E-state index in [0.29, 0.717) is 5.92 Å². The first-order valence-corrected chi connectivity index (χ1v) is 7.57. The number of thiazole rings is 1. The maximum absolute atomic E-state index is 11.7. The van der Waals surface area contributed by atoms with Crippen molar-refractivity contribution >= 4 is 22.3 Å². The van der Waals surface area contributed by atoms with E-state index >= 15 is 0 Å². The summed E-state index contributed by atoms with van der Waals surface area (Å²) in [6.45, 7) is 10.3. The summed E-state index contributed by atoms with van der Waals surface area (Å²) in [5.41, 5.74) is 0.973. The minimum absolute atomic E-state index is 0.146. The lowest BCUT2D eigenvalue weighted by molar-refractivity contribution is 0.102. The normalized spacial score (nSPS) is 17.5. The van der Waals surface area contributed by atoms with Crippen molar-refractivity contribution < 1.29 is 4.79 Å². The molecule has 1 aromatic heterocycles. The van der Waals surface area contributed by atoms with Gasteiger partial charge >= 0.3 is 0 Å². The molecule has 100 valence electrons. The highest BCUT2D eigenvalue weighted by Gasteiger charge is 2.23. The third-order valence-corrected chi connectivity index (χ3v) is 4.80. The molecule has 0 amide bonds. The van der Waals surface area contributed by atoms with Gasteiger partial charge in [0.25, 0.3) is 0 Å². The molecule has 0 saturated carbocycles. The van der Waals surface area contributed by atoms with Gasteiger partial charge in [0.2, 0.25) is 0 Å². The van der Waals surface area contributed by atoms with Crippen LogP contribution >= 0.6 is 11.3 Å². The van der Waals surface area contributed by atoms with Crippen LogP contribution in [-0.4, -0.2) is 23.9 Å². The number of nitrogens with zero attached hydrogens (tertiary/aromatic N) is 2. The van der Waals surface area contributed by atoms with E-state index in [1.54, 1.807) is 18.3 Å². The lowest BCUT2D eigenvalue weighted by Crippen LogP contribution is -2.32. The van der Waals surface area contributed by atoms with Crippen LogP contribution in [0, 0.1) is 5.92 Å². The van der Waals surface area contributed by atoms with Crippen molar-refractivity contribution in [2.45, 2.75) is 46.5 Å². The minimum Gasteiger partial charge on any atom is -0.348 e. The molecule has 0 unspecified atom stereocenters.